The van der Waals surface area contributed by atoms with Gasteiger partial charge in [0.05, 0.1) is 29.4 Å². The summed E-state index contributed by atoms with van der Waals surface area (Å²) < 4.78 is 69.4. The van der Waals surface area contributed by atoms with Crippen LogP contribution in [0.5, 0.6) is 5.75 Å². The van der Waals surface area contributed by atoms with Crippen LogP contribution in [0.2, 0.25) is 0 Å². The number of halogens is 4. The standard InChI is InChI=1S/C35H25F4N7O5S/c1-20-6-7-22(16-49-17-30-41-27-4-2-3-5-29(27)50-30)28(14-20)46-31(47)18-52-34(46)43-33(48)42-26-13-8-21(15-25(26)36)32-40-19-45(44-32)23-9-11-24(12-10-23)51-35(37,38)39/h2-15,19H,16-18H2,1H3,(H,42,48). The molecule has 0 atom stereocenters. The quantitative estimate of drug-likeness (QED) is 0.148. The molecule has 1 fully saturated rings. The second kappa shape index (κ2) is 14.3. The number of hydrogen-bond donors (Lipinski definition) is 1. The number of ether oxygens (including phenoxy) is 2. The number of hydrogen-bond acceptors (Lipinski definition) is 9. The molecule has 0 radical (unpaired) electrons. The SMILES string of the molecule is Cc1ccc(COCc2nc3ccccc3o2)c(N2C(=O)CSC2=NC(=O)Nc2ccc(-c3ncn(-c4ccc(OC(F)(F)F)cc4)n3)cc2F)c1. The van der Waals surface area contributed by atoms with Crippen LogP contribution >= 0.6 is 11.8 Å². The van der Waals surface area contributed by atoms with E-state index in [1.54, 1.807) is 6.07 Å². The molecule has 12 nitrogen and oxygen atoms in total. The van der Waals surface area contributed by atoms with Gasteiger partial charge in [0.1, 0.15) is 30.0 Å². The van der Waals surface area contributed by atoms with Gasteiger partial charge in [-0.1, -0.05) is 36.0 Å². The summed E-state index contributed by atoms with van der Waals surface area (Å²) in [5.74, 6) is -0.936. The molecule has 52 heavy (non-hydrogen) atoms. The van der Waals surface area contributed by atoms with Gasteiger partial charge in [0.25, 0.3) is 0 Å². The summed E-state index contributed by atoms with van der Waals surface area (Å²) in [5.41, 5.74) is 3.85. The van der Waals surface area contributed by atoms with E-state index in [2.05, 4.69) is 30.1 Å². The van der Waals surface area contributed by atoms with Gasteiger partial charge in [-0.15, -0.1) is 18.3 Å². The number of rotatable bonds is 9. The van der Waals surface area contributed by atoms with Crippen LogP contribution in [-0.2, 0) is 22.7 Å². The molecule has 6 aromatic rings. The molecule has 264 valence electrons. The van der Waals surface area contributed by atoms with Crippen molar-refractivity contribution in [3.63, 3.8) is 0 Å². The molecule has 0 unspecified atom stereocenters. The molecule has 1 aliphatic heterocycles. The first-order chi connectivity index (χ1) is 25.0. The molecule has 3 heterocycles. The van der Waals surface area contributed by atoms with Crippen LogP contribution in [0.3, 0.4) is 0 Å². The summed E-state index contributed by atoms with van der Waals surface area (Å²) in [7, 11) is 0. The van der Waals surface area contributed by atoms with E-state index in [-0.39, 0.29) is 47.1 Å². The highest BCUT2D eigenvalue weighted by atomic mass is 32.2. The molecule has 2 aromatic heterocycles. The van der Waals surface area contributed by atoms with Gasteiger partial charge in [0, 0.05) is 11.1 Å². The Morgan fingerprint density at radius 1 is 1.04 bits per heavy atom. The van der Waals surface area contributed by atoms with Crippen molar-refractivity contribution in [3.05, 3.63) is 114 Å². The van der Waals surface area contributed by atoms with Crippen LogP contribution in [0.1, 0.15) is 17.0 Å². The number of alkyl halides is 3. The van der Waals surface area contributed by atoms with Gasteiger partial charge >= 0.3 is 12.4 Å². The van der Waals surface area contributed by atoms with Crippen LogP contribution in [-0.4, -0.2) is 49.0 Å². The molecule has 0 bridgehead atoms. The zero-order valence-corrected chi connectivity index (χ0v) is 27.7. The predicted molar refractivity (Wildman–Crippen MR) is 184 cm³/mol. The highest BCUT2D eigenvalue weighted by molar-refractivity contribution is 8.15. The van der Waals surface area contributed by atoms with Gasteiger partial charge in [-0.3, -0.25) is 9.69 Å². The maximum atomic E-state index is 15.2. The van der Waals surface area contributed by atoms with E-state index < -0.39 is 24.0 Å². The third-order valence-corrected chi connectivity index (χ3v) is 8.48. The number of benzene rings is 4. The minimum Gasteiger partial charge on any atom is -0.438 e. The fraction of sp³-hybridized carbons (Fsp3) is 0.143. The first-order valence-electron chi connectivity index (χ1n) is 15.4. The first-order valence-corrected chi connectivity index (χ1v) is 16.4. The number of para-hydroxylation sites is 2. The number of fused-ring (bicyclic) bond motifs is 1. The van der Waals surface area contributed by atoms with Crippen molar-refractivity contribution in [1.29, 1.82) is 0 Å². The summed E-state index contributed by atoms with van der Waals surface area (Å²) in [6, 6.07) is 20.8. The van der Waals surface area contributed by atoms with E-state index in [9.17, 15) is 22.8 Å². The Balaban J connectivity index is 1.03. The summed E-state index contributed by atoms with van der Waals surface area (Å²) in [6.07, 6.45) is -3.51. The zero-order valence-electron chi connectivity index (χ0n) is 26.9. The van der Waals surface area contributed by atoms with Crippen LogP contribution in [0.15, 0.2) is 101 Å². The predicted octanol–water partition coefficient (Wildman–Crippen LogP) is 7.81. The lowest BCUT2D eigenvalue weighted by atomic mass is 10.1. The molecular formula is C35H25F4N7O5S. The van der Waals surface area contributed by atoms with Gasteiger partial charge in [0.15, 0.2) is 16.6 Å². The normalized spacial score (nSPS) is 14.1. The average molecular weight is 732 g/mol. The summed E-state index contributed by atoms with van der Waals surface area (Å²) in [5, 5.41) is 6.79. The Kier molecular flexibility index (Phi) is 9.44. The molecule has 1 saturated heterocycles. The van der Waals surface area contributed by atoms with E-state index in [0.717, 1.165) is 35.5 Å². The maximum Gasteiger partial charge on any atom is 0.573 e. The van der Waals surface area contributed by atoms with Crippen molar-refractivity contribution in [2.75, 3.05) is 16.0 Å². The van der Waals surface area contributed by atoms with Crippen molar-refractivity contribution >= 4 is 51.3 Å². The molecule has 1 aliphatic rings. The number of aromatic nitrogens is 4. The molecule has 1 N–H and O–H groups in total. The van der Waals surface area contributed by atoms with E-state index in [1.165, 1.54) is 40.2 Å². The van der Waals surface area contributed by atoms with Gasteiger partial charge in [-0.2, -0.15) is 4.99 Å². The Morgan fingerprint density at radius 2 is 1.85 bits per heavy atom. The molecule has 0 saturated carbocycles. The first kappa shape index (κ1) is 34.4. The molecule has 4 aromatic carbocycles. The lowest BCUT2D eigenvalue weighted by Crippen LogP contribution is -2.31. The largest absolute Gasteiger partial charge is 0.573 e. The number of oxazole rings is 1. The van der Waals surface area contributed by atoms with Crippen LogP contribution < -0.4 is 15.0 Å². The number of carbonyl (C=O) groups is 2. The van der Waals surface area contributed by atoms with E-state index in [1.807, 2.05) is 43.3 Å². The van der Waals surface area contributed by atoms with Gasteiger partial charge in [-0.05, 0) is 73.2 Å². The molecule has 0 aliphatic carbocycles. The smallest absolute Gasteiger partial charge is 0.438 e. The molecule has 17 heteroatoms. The maximum absolute atomic E-state index is 15.2. The summed E-state index contributed by atoms with van der Waals surface area (Å²) >= 11 is 1.07. The monoisotopic (exact) mass is 731 g/mol. The Bertz CT molecular complexity index is 2290. The summed E-state index contributed by atoms with van der Waals surface area (Å²) in [4.78, 5) is 40.1. The van der Waals surface area contributed by atoms with Crippen molar-refractivity contribution in [2.45, 2.75) is 26.5 Å². The Hall–Kier alpha value is -6.07. The zero-order chi connectivity index (χ0) is 36.4. The van der Waals surface area contributed by atoms with E-state index >= 15 is 4.39 Å². The van der Waals surface area contributed by atoms with E-state index in [0.29, 0.717) is 33.9 Å². The fourth-order valence-corrected chi connectivity index (χ4v) is 6.08. The number of thioether (sulfide) groups is 1. The third-order valence-electron chi connectivity index (χ3n) is 7.56. The van der Waals surface area contributed by atoms with Crippen LogP contribution in [0.25, 0.3) is 28.2 Å². The minimum atomic E-state index is -4.82. The fourth-order valence-electron chi connectivity index (χ4n) is 5.22. The number of urea groups is 1. The third kappa shape index (κ3) is 7.79. The topological polar surface area (TPSA) is 137 Å². The van der Waals surface area contributed by atoms with Crippen molar-refractivity contribution in [3.8, 4) is 22.8 Å². The van der Waals surface area contributed by atoms with Crippen molar-refractivity contribution < 1.29 is 41.0 Å². The van der Waals surface area contributed by atoms with Gasteiger partial charge in [-0.25, -0.2) is 23.8 Å². The van der Waals surface area contributed by atoms with Crippen molar-refractivity contribution in [1.82, 2.24) is 19.7 Å². The van der Waals surface area contributed by atoms with Gasteiger partial charge < -0.3 is 19.2 Å². The average Bonchev–Trinajstić information content (AvgIpc) is 3.85. The highest BCUT2D eigenvalue weighted by Gasteiger charge is 2.33. The number of nitrogens with zero attached hydrogens (tertiary/aromatic N) is 6. The van der Waals surface area contributed by atoms with Crippen LogP contribution in [0.4, 0.5) is 33.7 Å². The van der Waals surface area contributed by atoms with Crippen molar-refractivity contribution in [2.24, 2.45) is 4.99 Å². The molecule has 3 amide bonds. The van der Waals surface area contributed by atoms with Gasteiger partial charge in [0.2, 0.25) is 11.8 Å². The number of aliphatic imine (C=N–C) groups is 1. The number of amides is 3. The molecule has 7 rings (SSSR count). The lowest BCUT2D eigenvalue weighted by molar-refractivity contribution is -0.274. The number of aryl methyl sites for hydroxylation is 1. The number of anilines is 2. The summed E-state index contributed by atoms with van der Waals surface area (Å²) in [6.45, 7) is 2.06. The minimum absolute atomic E-state index is 0.0391. The Labute approximate surface area is 296 Å². The van der Waals surface area contributed by atoms with E-state index in [4.69, 9.17) is 9.15 Å². The number of amidine groups is 1. The highest BCUT2D eigenvalue weighted by Crippen LogP contribution is 2.32. The molecule has 0 spiro atoms. The number of carbonyl (C=O) groups excluding carboxylic acids is 2. The van der Waals surface area contributed by atoms with Crippen LogP contribution in [0, 0.1) is 12.7 Å². The lowest BCUT2D eigenvalue weighted by Gasteiger charge is -2.20. The Morgan fingerprint density at radius 3 is 2.62 bits per heavy atom. The number of nitrogens with one attached hydrogen (secondary N) is 1. The molecular weight excluding hydrogens is 706 g/mol. The second-order valence-electron chi connectivity index (χ2n) is 11.3. The second-order valence-corrected chi connectivity index (χ2v) is 12.2.